The van der Waals surface area contributed by atoms with Crippen molar-refractivity contribution < 1.29 is 28.8 Å². The van der Waals surface area contributed by atoms with Crippen LogP contribution in [0.1, 0.15) is 42.0 Å². The second kappa shape index (κ2) is 16.5. The van der Waals surface area contributed by atoms with Crippen molar-refractivity contribution in [3.8, 4) is 17.2 Å². The summed E-state index contributed by atoms with van der Waals surface area (Å²) in [4.78, 5) is 18.5. The number of hydrogen-bond acceptors (Lipinski definition) is 7. The van der Waals surface area contributed by atoms with Gasteiger partial charge < -0.3 is 29.4 Å². The monoisotopic (exact) mass is 634 g/mol. The van der Waals surface area contributed by atoms with E-state index >= 15 is 0 Å². The number of hydrogen-bond donors (Lipinski definition) is 2. The van der Waals surface area contributed by atoms with Gasteiger partial charge in [-0.1, -0.05) is 72.8 Å². The van der Waals surface area contributed by atoms with E-state index in [9.17, 15) is 4.79 Å². The number of aliphatic hydroxyl groups excluding tert-OH is 1. The smallest absolute Gasteiger partial charge is 0.252 e. The quantitative estimate of drug-likeness (QED) is 0.102. The van der Waals surface area contributed by atoms with Gasteiger partial charge in [-0.25, -0.2) is 4.99 Å². The lowest BCUT2D eigenvalue weighted by molar-refractivity contribution is -0.128. The van der Waals surface area contributed by atoms with Crippen molar-refractivity contribution >= 4 is 11.8 Å². The minimum atomic E-state index is -1.13. The van der Waals surface area contributed by atoms with Gasteiger partial charge in [0.15, 0.2) is 17.0 Å². The molecule has 244 valence electrons. The molecule has 1 heterocycles. The van der Waals surface area contributed by atoms with E-state index in [4.69, 9.17) is 29.0 Å². The van der Waals surface area contributed by atoms with E-state index in [-0.39, 0.29) is 12.5 Å². The van der Waals surface area contributed by atoms with Crippen LogP contribution in [-0.4, -0.2) is 48.3 Å². The van der Waals surface area contributed by atoms with Crippen molar-refractivity contribution in [3.05, 3.63) is 138 Å². The van der Waals surface area contributed by atoms with Crippen LogP contribution in [0.5, 0.6) is 17.2 Å². The number of rotatable bonds is 17. The summed E-state index contributed by atoms with van der Waals surface area (Å²) in [6.07, 6.45) is 2.69. The first kappa shape index (κ1) is 33.3. The van der Waals surface area contributed by atoms with Crippen molar-refractivity contribution in [1.82, 2.24) is 5.32 Å². The molecule has 0 fully saturated rings. The first-order valence-electron chi connectivity index (χ1n) is 16.0. The van der Waals surface area contributed by atoms with E-state index in [1.165, 1.54) is 0 Å². The zero-order valence-electron chi connectivity index (χ0n) is 26.8. The van der Waals surface area contributed by atoms with E-state index in [0.717, 1.165) is 22.3 Å². The van der Waals surface area contributed by atoms with Crippen LogP contribution in [0.3, 0.4) is 0 Å². The van der Waals surface area contributed by atoms with Gasteiger partial charge in [0.05, 0.1) is 6.61 Å². The lowest BCUT2D eigenvalue weighted by Gasteiger charge is -2.26. The number of aliphatic imine (C=N–C) groups is 1. The molecule has 0 radical (unpaired) electrons. The van der Waals surface area contributed by atoms with E-state index in [0.29, 0.717) is 68.8 Å². The number of benzene rings is 4. The summed E-state index contributed by atoms with van der Waals surface area (Å²) in [6.45, 7) is 7.49. The molecule has 1 aliphatic rings. The molecule has 0 aromatic heterocycles. The topological polar surface area (TPSA) is 98.6 Å². The zero-order chi connectivity index (χ0) is 32.9. The normalized spacial score (nSPS) is 16.9. The van der Waals surface area contributed by atoms with Crippen molar-refractivity contribution in [2.45, 2.75) is 51.0 Å². The van der Waals surface area contributed by atoms with Gasteiger partial charge in [0.1, 0.15) is 25.1 Å². The lowest BCUT2D eigenvalue weighted by atomic mass is 9.89. The summed E-state index contributed by atoms with van der Waals surface area (Å²) in [5.74, 6) is 2.18. The molecule has 2 N–H and O–H groups in total. The Morgan fingerprint density at radius 1 is 0.894 bits per heavy atom. The van der Waals surface area contributed by atoms with Gasteiger partial charge in [0.2, 0.25) is 5.90 Å². The fourth-order valence-corrected chi connectivity index (χ4v) is 5.29. The maximum atomic E-state index is 13.7. The molecule has 0 saturated heterocycles. The lowest BCUT2D eigenvalue weighted by Crippen LogP contribution is -2.51. The van der Waals surface area contributed by atoms with Crippen LogP contribution in [0.15, 0.2) is 121 Å². The number of carbonyl (C=O) groups is 1. The third kappa shape index (κ3) is 8.80. The Morgan fingerprint density at radius 3 is 2.19 bits per heavy atom. The predicted octanol–water partition coefficient (Wildman–Crippen LogP) is 6.44. The van der Waals surface area contributed by atoms with Gasteiger partial charge in [-0.2, -0.15) is 0 Å². The molecular formula is C39H42N2O6. The number of nitrogens with one attached hydrogen (secondary N) is 1. The molecule has 0 saturated carbocycles. The average molecular weight is 635 g/mol. The van der Waals surface area contributed by atoms with Crippen LogP contribution in [0.4, 0.5) is 0 Å². The molecular weight excluding hydrogens is 592 g/mol. The second-order valence-corrected chi connectivity index (χ2v) is 11.4. The highest BCUT2D eigenvalue weighted by atomic mass is 16.5. The first-order chi connectivity index (χ1) is 23.0. The van der Waals surface area contributed by atoms with Crippen LogP contribution in [-0.2, 0) is 29.2 Å². The van der Waals surface area contributed by atoms with Crippen molar-refractivity contribution in [3.63, 3.8) is 0 Å². The number of nitrogens with zero attached hydrogens (tertiary/aromatic N) is 1. The van der Waals surface area contributed by atoms with E-state index in [2.05, 4.69) is 11.9 Å². The number of ether oxygens (including phenoxy) is 4. The standard InChI is InChI=1S/C39H42N2O6/c1-3-22-39(29(2)47-37(41-39)33-16-18-34(19-17-33)44-25-10-24-42)38(43)40-23-21-30-15-20-35(45-27-31-11-6-4-7-12-31)36(26-30)46-28-32-13-8-5-9-14-32/h3-9,11-20,26,29,42H,1,10,21-25,27-28H2,2H3,(H,40,43)/t29-,39-/m1/s1. The van der Waals surface area contributed by atoms with Gasteiger partial charge in [-0.05, 0) is 66.4 Å². The summed E-state index contributed by atoms with van der Waals surface area (Å²) in [7, 11) is 0. The van der Waals surface area contributed by atoms with Gasteiger partial charge in [-0.15, -0.1) is 6.58 Å². The Kier molecular flexibility index (Phi) is 11.7. The molecule has 4 aromatic carbocycles. The third-order valence-electron chi connectivity index (χ3n) is 7.96. The Bertz CT molecular complexity index is 1620. The van der Waals surface area contributed by atoms with Gasteiger partial charge in [-0.3, -0.25) is 4.79 Å². The Morgan fingerprint density at radius 2 is 1.55 bits per heavy atom. The number of aliphatic hydroxyl groups is 1. The molecule has 0 unspecified atom stereocenters. The molecule has 2 atom stereocenters. The summed E-state index contributed by atoms with van der Waals surface area (Å²) >= 11 is 0. The highest BCUT2D eigenvalue weighted by molar-refractivity contribution is 6.00. The van der Waals surface area contributed by atoms with E-state index in [1.807, 2.05) is 110 Å². The Labute approximate surface area is 276 Å². The van der Waals surface area contributed by atoms with Crippen LogP contribution in [0, 0.1) is 0 Å². The summed E-state index contributed by atoms with van der Waals surface area (Å²) in [6, 6.07) is 33.3. The molecule has 0 aliphatic carbocycles. The summed E-state index contributed by atoms with van der Waals surface area (Å²) in [5.41, 5.74) is 2.74. The van der Waals surface area contributed by atoms with Crippen molar-refractivity contribution in [1.29, 1.82) is 0 Å². The fraction of sp³-hybridized carbons (Fsp3) is 0.282. The number of amides is 1. The van der Waals surface area contributed by atoms with Crippen LogP contribution in [0.2, 0.25) is 0 Å². The van der Waals surface area contributed by atoms with Gasteiger partial charge in [0, 0.05) is 31.6 Å². The largest absolute Gasteiger partial charge is 0.494 e. The first-order valence-corrected chi connectivity index (χ1v) is 16.0. The molecule has 8 heteroatoms. The van der Waals surface area contributed by atoms with Gasteiger partial charge >= 0.3 is 0 Å². The minimum absolute atomic E-state index is 0.0781. The third-order valence-corrected chi connectivity index (χ3v) is 7.96. The van der Waals surface area contributed by atoms with Crippen LogP contribution >= 0.6 is 0 Å². The maximum absolute atomic E-state index is 13.7. The Hall–Kier alpha value is -5.08. The molecule has 5 rings (SSSR count). The van der Waals surface area contributed by atoms with Gasteiger partial charge in [0.25, 0.3) is 5.91 Å². The molecule has 8 nitrogen and oxygen atoms in total. The molecule has 47 heavy (non-hydrogen) atoms. The van der Waals surface area contributed by atoms with Crippen molar-refractivity contribution in [2.75, 3.05) is 19.8 Å². The summed E-state index contributed by atoms with van der Waals surface area (Å²) in [5, 5.41) is 12.1. The molecule has 0 bridgehead atoms. The summed E-state index contributed by atoms with van der Waals surface area (Å²) < 4.78 is 24.1. The van der Waals surface area contributed by atoms with Crippen LogP contribution in [0.25, 0.3) is 0 Å². The highest BCUT2D eigenvalue weighted by Gasteiger charge is 2.49. The second-order valence-electron chi connectivity index (χ2n) is 11.4. The fourth-order valence-electron chi connectivity index (χ4n) is 5.29. The molecule has 1 aliphatic heterocycles. The average Bonchev–Trinajstić information content (AvgIpc) is 3.44. The maximum Gasteiger partial charge on any atom is 0.252 e. The number of carbonyl (C=O) groups excluding carboxylic acids is 1. The van der Waals surface area contributed by atoms with E-state index in [1.54, 1.807) is 6.08 Å². The molecule has 0 spiro atoms. The zero-order valence-corrected chi connectivity index (χ0v) is 26.8. The Balaban J connectivity index is 1.25. The SMILES string of the molecule is C=CC[C@@]1(C(=O)NCCc2ccc(OCc3ccccc3)c(OCc3ccccc3)c2)N=C(c2ccc(OCCCO)cc2)O[C@@H]1C. The molecule has 4 aromatic rings. The predicted molar refractivity (Wildman–Crippen MR) is 183 cm³/mol. The van der Waals surface area contributed by atoms with Crippen molar-refractivity contribution in [2.24, 2.45) is 4.99 Å². The highest BCUT2D eigenvalue weighted by Crippen LogP contribution is 2.33. The van der Waals surface area contributed by atoms with E-state index < -0.39 is 11.6 Å². The van der Waals surface area contributed by atoms with Crippen LogP contribution < -0.4 is 19.5 Å². The minimum Gasteiger partial charge on any atom is -0.494 e. The molecule has 1 amide bonds.